The lowest BCUT2D eigenvalue weighted by molar-refractivity contribution is -0.227. The number of hydrogen-bond donors (Lipinski definition) is 0. The Morgan fingerprint density at radius 1 is 0.571 bits per heavy atom. The largest absolute Gasteiger partial charge is 0.779 e. The zero-order chi connectivity index (χ0) is 21.1. The Labute approximate surface area is 165 Å². The lowest BCUT2D eigenvalue weighted by Gasteiger charge is -2.22. The lowest BCUT2D eigenvalue weighted by atomic mass is 10.7. The fraction of sp³-hybridized carbons (Fsp3) is 1.00. The topological polar surface area (TPSA) is 154 Å². The number of phosphoric ester groups is 1. The maximum absolute atomic E-state index is 11.5. The van der Waals surface area contributed by atoms with Crippen LogP contribution in [0.5, 0.6) is 0 Å². The van der Waals surface area contributed by atoms with Crippen molar-refractivity contribution in [2.75, 3.05) is 93.1 Å². The SMILES string of the molecule is COCCOCCOCCOP(=O)([O-])OCCOCCOCCOP(C)(=O)[O-]. The molecule has 28 heavy (non-hydrogen) atoms. The molecule has 0 aliphatic heterocycles. The predicted octanol–water partition coefficient (Wildman–Crippen LogP) is -0.599. The van der Waals surface area contributed by atoms with Gasteiger partial charge in [0, 0.05) is 13.8 Å². The molecular formula is C14H30O12P2-2. The normalized spacial score (nSPS) is 16.0. The van der Waals surface area contributed by atoms with E-state index in [1.54, 1.807) is 7.11 Å². The molecule has 0 amide bonds. The summed E-state index contributed by atoms with van der Waals surface area (Å²) in [4.78, 5) is 22.2. The van der Waals surface area contributed by atoms with E-state index in [0.29, 0.717) is 26.4 Å². The van der Waals surface area contributed by atoms with Gasteiger partial charge in [0.2, 0.25) is 0 Å². The van der Waals surface area contributed by atoms with E-state index in [4.69, 9.17) is 23.7 Å². The van der Waals surface area contributed by atoms with Gasteiger partial charge >= 0.3 is 0 Å². The highest BCUT2D eigenvalue weighted by Gasteiger charge is 2.08. The molecule has 0 aromatic heterocycles. The van der Waals surface area contributed by atoms with E-state index in [2.05, 4.69) is 13.6 Å². The first kappa shape index (κ1) is 28.1. The highest BCUT2D eigenvalue weighted by Crippen LogP contribution is 2.37. The van der Waals surface area contributed by atoms with Gasteiger partial charge in [-0.1, -0.05) is 0 Å². The van der Waals surface area contributed by atoms with Crippen LogP contribution in [0.2, 0.25) is 0 Å². The smallest absolute Gasteiger partial charge is 0.268 e. The van der Waals surface area contributed by atoms with Crippen LogP contribution in [0.25, 0.3) is 0 Å². The summed E-state index contributed by atoms with van der Waals surface area (Å²) >= 11 is 0. The van der Waals surface area contributed by atoms with E-state index in [1.807, 2.05) is 0 Å². The Kier molecular flexibility index (Phi) is 17.9. The summed E-state index contributed by atoms with van der Waals surface area (Å²) < 4.78 is 61.2. The Hall–Kier alpha value is 0.0600. The van der Waals surface area contributed by atoms with Gasteiger partial charge in [-0.25, -0.2) is 0 Å². The summed E-state index contributed by atoms with van der Waals surface area (Å²) in [5.74, 6) is 0. The molecule has 0 saturated heterocycles. The molecule has 14 heteroatoms. The number of ether oxygens (including phenoxy) is 5. The molecule has 0 N–H and O–H groups in total. The molecule has 0 radical (unpaired) electrons. The monoisotopic (exact) mass is 452 g/mol. The van der Waals surface area contributed by atoms with Crippen molar-refractivity contribution >= 4 is 15.4 Å². The van der Waals surface area contributed by atoms with Crippen molar-refractivity contribution in [2.24, 2.45) is 0 Å². The van der Waals surface area contributed by atoms with Crippen LogP contribution in [0.15, 0.2) is 0 Å². The van der Waals surface area contributed by atoms with Crippen LogP contribution < -0.4 is 9.79 Å². The van der Waals surface area contributed by atoms with Crippen LogP contribution in [0, 0.1) is 0 Å². The zero-order valence-electron chi connectivity index (χ0n) is 16.3. The first-order valence-corrected chi connectivity index (χ1v) is 12.0. The fourth-order valence-electron chi connectivity index (χ4n) is 1.50. The van der Waals surface area contributed by atoms with Crippen molar-refractivity contribution in [3.63, 3.8) is 0 Å². The van der Waals surface area contributed by atoms with Crippen molar-refractivity contribution < 1.29 is 56.2 Å². The van der Waals surface area contributed by atoms with Crippen molar-refractivity contribution in [2.45, 2.75) is 0 Å². The van der Waals surface area contributed by atoms with Gasteiger partial charge in [0.05, 0.1) is 79.3 Å². The Balaban J connectivity index is 3.39. The second-order valence-electron chi connectivity index (χ2n) is 5.16. The van der Waals surface area contributed by atoms with Gasteiger partial charge in [-0.3, -0.25) is 4.57 Å². The molecule has 0 saturated carbocycles. The summed E-state index contributed by atoms with van der Waals surface area (Å²) in [5.41, 5.74) is 0. The maximum atomic E-state index is 11.5. The Morgan fingerprint density at radius 3 is 1.25 bits per heavy atom. The molecule has 12 nitrogen and oxygen atoms in total. The van der Waals surface area contributed by atoms with Crippen LogP contribution >= 0.6 is 15.4 Å². The second-order valence-corrected chi connectivity index (χ2v) is 8.37. The number of phosphoric acid groups is 1. The molecular weight excluding hydrogens is 422 g/mol. The summed E-state index contributed by atoms with van der Waals surface area (Å²) in [6, 6.07) is 0. The first-order chi connectivity index (χ1) is 13.3. The average molecular weight is 452 g/mol. The quantitative estimate of drug-likeness (QED) is 0.161. The lowest BCUT2D eigenvalue weighted by Crippen LogP contribution is -2.16. The minimum absolute atomic E-state index is 0.0233. The molecule has 0 spiro atoms. The molecule has 2 unspecified atom stereocenters. The van der Waals surface area contributed by atoms with Crippen LogP contribution in [0.1, 0.15) is 0 Å². The third-order valence-electron chi connectivity index (χ3n) is 2.68. The number of hydrogen-bond acceptors (Lipinski definition) is 12. The van der Waals surface area contributed by atoms with E-state index in [9.17, 15) is 18.9 Å². The fourth-order valence-corrected chi connectivity index (χ4v) is 2.58. The van der Waals surface area contributed by atoms with Gasteiger partial charge in [0.25, 0.3) is 7.82 Å². The van der Waals surface area contributed by atoms with Gasteiger partial charge in [-0.2, -0.15) is 0 Å². The Morgan fingerprint density at radius 2 is 0.893 bits per heavy atom. The first-order valence-electron chi connectivity index (χ1n) is 8.60. The summed E-state index contributed by atoms with van der Waals surface area (Å²) in [6.45, 7) is 2.79. The minimum Gasteiger partial charge on any atom is -0.779 e. The van der Waals surface area contributed by atoms with Crippen LogP contribution in [0.3, 0.4) is 0 Å². The number of rotatable bonds is 21. The van der Waals surface area contributed by atoms with Crippen molar-refractivity contribution in [1.82, 2.24) is 0 Å². The Bertz CT molecular complexity index is 444. The van der Waals surface area contributed by atoms with Gasteiger partial charge in [-0.05, 0) is 0 Å². The molecule has 170 valence electrons. The highest BCUT2D eigenvalue weighted by atomic mass is 31.2. The third kappa shape index (κ3) is 22.4. The van der Waals surface area contributed by atoms with Crippen LogP contribution in [-0.2, 0) is 46.4 Å². The second kappa shape index (κ2) is 17.9. The van der Waals surface area contributed by atoms with Gasteiger partial charge < -0.3 is 51.6 Å². The van der Waals surface area contributed by atoms with Gasteiger partial charge in [-0.15, -0.1) is 0 Å². The van der Waals surface area contributed by atoms with Crippen LogP contribution in [-0.4, -0.2) is 93.1 Å². The molecule has 2 atom stereocenters. The van der Waals surface area contributed by atoms with Crippen molar-refractivity contribution in [3.05, 3.63) is 0 Å². The minimum atomic E-state index is -4.41. The highest BCUT2D eigenvalue weighted by molar-refractivity contribution is 7.50. The number of methoxy groups -OCH3 is 1. The molecule has 0 heterocycles. The molecule has 0 aliphatic carbocycles. The van der Waals surface area contributed by atoms with Crippen molar-refractivity contribution in [3.8, 4) is 0 Å². The predicted molar refractivity (Wildman–Crippen MR) is 94.1 cm³/mol. The molecule has 0 fully saturated rings. The zero-order valence-corrected chi connectivity index (χ0v) is 18.1. The summed E-state index contributed by atoms with van der Waals surface area (Å²) in [6.07, 6.45) is 0. The third-order valence-corrected chi connectivity index (χ3v) is 4.33. The van der Waals surface area contributed by atoms with E-state index >= 15 is 0 Å². The van der Waals surface area contributed by atoms with Gasteiger partial charge in [0.15, 0.2) is 0 Å². The van der Waals surface area contributed by atoms with E-state index in [0.717, 1.165) is 6.66 Å². The van der Waals surface area contributed by atoms with E-state index in [1.165, 1.54) is 0 Å². The molecule has 0 bridgehead atoms. The van der Waals surface area contributed by atoms with Crippen molar-refractivity contribution in [1.29, 1.82) is 0 Å². The summed E-state index contributed by atoms with van der Waals surface area (Å²) in [5, 5.41) is 0. The molecule has 0 aliphatic rings. The van der Waals surface area contributed by atoms with Gasteiger partial charge in [0.1, 0.15) is 7.60 Å². The van der Waals surface area contributed by atoms with Crippen LogP contribution in [0.4, 0.5) is 0 Å². The average Bonchev–Trinajstić information content (AvgIpc) is 2.61. The molecule has 0 aromatic rings. The van der Waals surface area contributed by atoms with E-state index < -0.39 is 15.4 Å². The maximum Gasteiger partial charge on any atom is 0.268 e. The molecule has 0 aromatic carbocycles. The van der Waals surface area contributed by atoms with E-state index in [-0.39, 0.29) is 52.9 Å². The molecule has 0 rings (SSSR count). The summed E-state index contributed by atoms with van der Waals surface area (Å²) in [7, 11) is -6.57. The standard InChI is InChI=1S/C14H32O12P2/c1-19-3-4-20-5-6-22-10-13-25-28(17,18)26-14-11-23-8-7-21-9-12-24-27(2,15)16/h3-14H2,1-2H3,(H,15,16)(H,17,18)/p-2.